The lowest BCUT2D eigenvalue weighted by Gasteiger charge is -2.16. The molecule has 0 amide bonds. The molecule has 0 spiro atoms. The Morgan fingerprint density at radius 3 is 2.31 bits per heavy atom. The monoisotopic (exact) mass is 349 g/mol. The lowest BCUT2D eigenvalue weighted by atomic mass is 9.95. The van der Waals surface area contributed by atoms with Crippen LogP contribution in [0.5, 0.6) is 5.75 Å². The smallest absolute Gasteiger partial charge is 0.339 e. The molecule has 0 atom stereocenters. The topological polar surface area (TPSA) is 57.5 Å². The molecule has 0 bridgehead atoms. The van der Waals surface area contributed by atoms with Crippen LogP contribution in [0.15, 0.2) is 67.0 Å². The first-order valence-electron chi connectivity index (χ1n) is 8.28. The van der Waals surface area contributed by atoms with E-state index in [0.717, 1.165) is 0 Å². The van der Waals surface area contributed by atoms with E-state index in [1.165, 1.54) is 7.11 Å². The van der Waals surface area contributed by atoms with Gasteiger partial charge in [-0.15, -0.1) is 0 Å². The van der Waals surface area contributed by atoms with E-state index in [1.807, 2.05) is 30.6 Å². The Labute approximate surface area is 151 Å². The van der Waals surface area contributed by atoms with Crippen molar-refractivity contribution >= 4 is 11.8 Å². The van der Waals surface area contributed by atoms with Gasteiger partial charge in [0.15, 0.2) is 5.78 Å². The third kappa shape index (κ3) is 3.37. The van der Waals surface area contributed by atoms with Gasteiger partial charge >= 0.3 is 5.97 Å². The standard InChI is InChI=1S/C21H19NO4/c1-3-26-21(24)17-13-16(25-2)14-18(22-11-7-8-12-22)19(17)20(23)15-9-5-4-6-10-15/h4-14H,3H2,1-2H3. The number of benzene rings is 2. The zero-order valence-electron chi connectivity index (χ0n) is 14.6. The molecule has 0 saturated heterocycles. The minimum absolute atomic E-state index is 0.184. The van der Waals surface area contributed by atoms with Gasteiger partial charge in [-0.2, -0.15) is 0 Å². The molecule has 0 saturated carbocycles. The van der Waals surface area contributed by atoms with Crippen LogP contribution in [0.4, 0.5) is 0 Å². The van der Waals surface area contributed by atoms with Gasteiger partial charge in [-0.25, -0.2) is 4.79 Å². The highest BCUT2D eigenvalue weighted by molar-refractivity contribution is 6.16. The van der Waals surface area contributed by atoms with Gasteiger partial charge in [-0.1, -0.05) is 30.3 Å². The maximum Gasteiger partial charge on any atom is 0.339 e. The van der Waals surface area contributed by atoms with Crippen molar-refractivity contribution in [1.29, 1.82) is 0 Å². The van der Waals surface area contributed by atoms with Crippen LogP contribution in [-0.4, -0.2) is 30.0 Å². The summed E-state index contributed by atoms with van der Waals surface area (Å²) in [5.41, 5.74) is 1.53. The zero-order valence-corrected chi connectivity index (χ0v) is 14.6. The van der Waals surface area contributed by atoms with E-state index in [1.54, 1.807) is 47.9 Å². The molecule has 0 aliphatic heterocycles. The van der Waals surface area contributed by atoms with Crippen molar-refractivity contribution in [3.05, 3.63) is 83.7 Å². The third-order valence-electron chi connectivity index (χ3n) is 3.97. The van der Waals surface area contributed by atoms with Crippen LogP contribution < -0.4 is 4.74 Å². The van der Waals surface area contributed by atoms with Crippen LogP contribution >= 0.6 is 0 Å². The molecule has 0 aliphatic carbocycles. The van der Waals surface area contributed by atoms with Crippen LogP contribution in [0, 0.1) is 0 Å². The minimum Gasteiger partial charge on any atom is -0.497 e. The van der Waals surface area contributed by atoms with Crippen molar-refractivity contribution in [1.82, 2.24) is 4.57 Å². The van der Waals surface area contributed by atoms with Gasteiger partial charge in [-0.3, -0.25) is 4.79 Å². The summed E-state index contributed by atoms with van der Waals surface area (Å²) in [5.74, 6) is -0.333. The number of hydrogen-bond donors (Lipinski definition) is 0. The Balaban J connectivity index is 2.27. The van der Waals surface area contributed by atoms with Crippen LogP contribution in [0.3, 0.4) is 0 Å². The van der Waals surface area contributed by atoms with Gasteiger partial charge in [0.1, 0.15) is 5.75 Å². The van der Waals surface area contributed by atoms with E-state index in [4.69, 9.17) is 9.47 Å². The molecule has 0 unspecified atom stereocenters. The number of aromatic nitrogens is 1. The van der Waals surface area contributed by atoms with E-state index in [2.05, 4.69) is 0 Å². The van der Waals surface area contributed by atoms with Crippen molar-refractivity contribution in [2.45, 2.75) is 6.92 Å². The molecule has 0 fully saturated rings. The zero-order chi connectivity index (χ0) is 18.5. The number of ether oxygens (including phenoxy) is 2. The summed E-state index contributed by atoms with van der Waals surface area (Å²) in [6.07, 6.45) is 3.62. The molecular formula is C21H19NO4. The van der Waals surface area contributed by atoms with E-state index in [9.17, 15) is 9.59 Å². The SMILES string of the molecule is CCOC(=O)c1cc(OC)cc(-n2cccc2)c1C(=O)c1ccccc1. The molecule has 0 N–H and O–H groups in total. The summed E-state index contributed by atoms with van der Waals surface area (Å²) < 4.78 is 12.3. The Morgan fingerprint density at radius 2 is 1.69 bits per heavy atom. The van der Waals surface area contributed by atoms with Gasteiger partial charge in [0.25, 0.3) is 0 Å². The van der Waals surface area contributed by atoms with E-state index in [0.29, 0.717) is 17.0 Å². The van der Waals surface area contributed by atoms with Crippen molar-refractivity contribution < 1.29 is 19.1 Å². The van der Waals surface area contributed by atoms with Gasteiger partial charge in [-0.05, 0) is 25.1 Å². The lowest BCUT2D eigenvalue weighted by molar-refractivity contribution is 0.0523. The number of rotatable bonds is 6. The largest absolute Gasteiger partial charge is 0.497 e. The van der Waals surface area contributed by atoms with E-state index < -0.39 is 5.97 Å². The molecule has 26 heavy (non-hydrogen) atoms. The molecule has 5 nitrogen and oxygen atoms in total. The summed E-state index contributed by atoms with van der Waals surface area (Å²) in [7, 11) is 1.52. The predicted molar refractivity (Wildman–Crippen MR) is 98.2 cm³/mol. The fourth-order valence-electron chi connectivity index (χ4n) is 2.76. The molecule has 3 aromatic rings. The van der Waals surface area contributed by atoms with Gasteiger partial charge in [0, 0.05) is 24.0 Å². The van der Waals surface area contributed by atoms with E-state index in [-0.39, 0.29) is 23.5 Å². The highest BCUT2D eigenvalue weighted by Gasteiger charge is 2.25. The van der Waals surface area contributed by atoms with Gasteiger partial charge in [0.05, 0.1) is 30.5 Å². The van der Waals surface area contributed by atoms with Crippen molar-refractivity contribution in [2.75, 3.05) is 13.7 Å². The second-order valence-corrected chi connectivity index (χ2v) is 5.58. The molecule has 3 rings (SSSR count). The summed E-state index contributed by atoms with van der Waals surface area (Å²) in [5, 5.41) is 0. The quantitative estimate of drug-likeness (QED) is 0.500. The fourth-order valence-corrected chi connectivity index (χ4v) is 2.76. The molecule has 1 heterocycles. The first-order chi connectivity index (χ1) is 12.7. The van der Waals surface area contributed by atoms with Gasteiger partial charge < -0.3 is 14.0 Å². The number of carbonyl (C=O) groups excluding carboxylic acids is 2. The van der Waals surface area contributed by atoms with Crippen molar-refractivity contribution in [3.8, 4) is 11.4 Å². The number of nitrogens with zero attached hydrogens (tertiary/aromatic N) is 1. The number of hydrogen-bond acceptors (Lipinski definition) is 4. The Morgan fingerprint density at radius 1 is 1.00 bits per heavy atom. The molecule has 1 aromatic heterocycles. The van der Waals surface area contributed by atoms with Crippen LogP contribution in [-0.2, 0) is 4.74 Å². The van der Waals surface area contributed by atoms with Crippen LogP contribution in [0.25, 0.3) is 5.69 Å². The number of carbonyl (C=O) groups is 2. The van der Waals surface area contributed by atoms with Crippen molar-refractivity contribution in [3.63, 3.8) is 0 Å². The first kappa shape index (κ1) is 17.5. The van der Waals surface area contributed by atoms with Crippen LogP contribution in [0.2, 0.25) is 0 Å². The molecule has 132 valence electrons. The summed E-state index contributed by atoms with van der Waals surface area (Å²) >= 11 is 0. The maximum absolute atomic E-state index is 13.2. The molecule has 2 aromatic carbocycles. The molecule has 5 heteroatoms. The molecular weight excluding hydrogens is 330 g/mol. The number of methoxy groups -OCH3 is 1. The maximum atomic E-state index is 13.2. The summed E-state index contributed by atoms with van der Waals surface area (Å²) in [6, 6.07) is 15.8. The average Bonchev–Trinajstić information content (AvgIpc) is 3.22. The van der Waals surface area contributed by atoms with E-state index >= 15 is 0 Å². The highest BCUT2D eigenvalue weighted by atomic mass is 16.5. The Bertz CT molecular complexity index is 915. The summed E-state index contributed by atoms with van der Waals surface area (Å²) in [6.45, 7) is 1.94. The van der Waals surface area contributed by atoms with Gasteiger partial charge in [0.2, 0.25) is 0 Å². The second kappa shape index (κ2) is 7.70. The lowest BCUT2D eigenvalue weighted by Crippen LogP contribution is -2.16. The third-order valence-corrected chi connectivity index (χ3v) is 3.97. The first-order valence-corrected chi connectivity index (χ1v) is 8.28. The number of esters is 1. The van der Waals surface area contributed by atoms with Crippen molar-refractivity contribution in [2.24, 2.45) is 0 Å². The normalized spacial score (nSPS) is 10.4. The molecule has 0 aliphatic rings. The predicted octanol–water partition coefficient (Wildman–Crippen LogP) is 3.89. The summed E-state index contributed by atoms with van der Waals surface area (Å²) in [4.78, 5) is 25.8. The fraction of sp³-hybridized carbons (Fsp3) is 0.143. The number of ketones is 1. The highest BCUT2D eigenvalue weighted by Crippen LogP contribution is 2.29. The Kier molecular flexibility index (Phi) is 5.17. The minimum atomic E-state index is -0.556. The molecule has 0 radical (unpaired) electrons. The average molecular weight is 349 g/mol. The Hall–Kier alpha value is -3.34. The van der Waals surface area contributed by atoms with Crippen LogP contribution in [0.1, 0.15) is 33.2 Å². The second-order valence-electron chi connectivity index (χ2n) is 5.58.